The summed E-state index contributed by atoms with van der Waals surface area (Å²) >= 11 is 3.35. The number of rotatable bonds is 4. The van der Waals surface area contributed by atoms with E-state index in [0.29, 0.717) is 6.54 Å². The number of halogens is 1. The van der Waals surface area contributed by atoms with Crippen LogP contribution in [0.2, 0.25) is 0 Å². The molecule has 0 aliphatic rings. The molecule has 0 aliphatic heterocycles. The van der Waals surface area contributed by atoms with Gasteiger partial charge in [-0.05, 0) is 51.8 Å². The average molecular weight is 307 g/mol. The molecule has 0 atom stereocenters. The van der Waals surface area contributed by atoms with E-state index in [0.717, 1.165) is 15.7 Å². The molecule has 2 rings (SSSR count). The molecule has 0 aliphatic carbocycles. The van der Waals surface area contributed by atoms with Crippen LogP contribution in [0.4, 0.5) is 5.69 Å². The molecule has 1 heterocycles. The van der Waals surface area contributed by atoms with E-state index in [9.17, 15) is 4.79 Å². The second-order valence-corrected chi connectivity index (χ2v) is 4.56. The number of nitrogens with one attached hydrogen (secondary N) is 1. The summed E-state index contributed by atoms with van der Waals surface area (Å²) < 4.78 is 0.733. The lowest BCUT2D eigenvalue weighted by atomic mass is 10.2. The van der Waals surface area contributed by atoms with Crippen LogP contribution in [0.15, 0.2) is 47.2 Å². The molecule has 0 spiro atoms. The smallest absolute Gasteiger partial charge is 0.335 e. The van der Waals surface area contributed by atoms with Gasteiger partial charge in [0.1, 0.15) is 0 Å². The van der Waals surface area contributed by atoms with E-state index >= 15 is 0 Å². The molecule has 18 heavy (non-hydrogen) atoms. The SMILES string of the molecule is O=C(O)c1ccc(NCc2ccncc2)c(Br)c1. The van der Waals surface area contributed by atoms with Gasteiger partial charge in [0.05, 0.1) is 5.56 Å². The normalized spacial score (nSPS) is 10.1. The fourth-order valence-electron chi connectivity index (χ4n) is 1.49. The number of carboxylic acid groups (broad SMARTS) is 1. The zero-order chi connectivity index (χ0) is 13.0. The number of carbonyl (C=O) groups is 1. The first-order chi connectivity index (χ1) is 8.66. The first-order valence-corrected chi connectivity index (χ1v) is 6.12. The Kier molecular flexibility index (Phi) is 3.94. The summed E-state index contributed by atoms with van der Waals surface area (Å²) in [7, 11) is 0. The molecule has 92 valence electrons. The summed E-state index contributed by atoms with van der Waals surface area (Å²) in [6.07, 6.45) is 3.47. The summed E-state index contributed by atoms with van der Waals surface area (Å²) in [6.45, 7) is 0.660. The summed E-state index contributed by atoms with van der Waals surface area (Å²) in [5.74, 6) is -0.934. The van der Waals surface area contributed by atoms with Crippen molar-refractivity contribution in [2.45, 2.75) is 6.54 Å². The predicted octanol–water partition coefficient (Wildman–Crippen LogP) is 3.15. The summed E-state index contributed by atoms with van der Waals surface area (Å²) in [6, 6.07) is 8.74. The fraction of sp³-hybridized carbons (Fsp3) is 0.0769. The largest absolute Gasteiger partial charge is 0.478 e. The zero-order valence-electron chi connectivity index (χ0n) is 9.43. The number of aromatic nitrogens is 1. The van der Waals surface area contributed by atoms with Gasteiger partial charge < -0.3 is 10.4 Å². The molecule has 2 aromatic rings. The molecular weight excluding hydrogens is 296 g/mol. The van der Waals surface area contributed by atoms with Crippen molar-refractivity contribution in [3.8, 4) is 0 Å². The van der Waals surface area contributed by atoms with Crippen LogP contribution >= 0.6 is 15.9 Å². The molecule has 5 heteroatoms. The van der Waals surface area contributed by atoms with Gasteiger partial charge in [-0.1, -0.05) is 0 Å². The first kappa shape index (κ1) is 12.6. The molecule has 1 aromatic heterocycles. The number of hydrogen-bond acceptors (Lipinski definition) is 3. The summed E-state index contributed by atoms with van der Waals surface area (Å²) in [5.41, 5.74) is 2.23. The molecule has 1 aromatic carbocycles. The van der Waals surface area contributed by atoms with Gasteiger partial charge in [-0.15, -0.1) is 0 Å². The van der Waals surface area contributed by atoms with Gasteiger partial charge in [0.15, 0.2) is 0 Å². The molecule has 0 unspecified atom stereocenters. The third-order valence-electron chi connectivity index (χ3n) is 2.45. The minimum atomic E-state index is -0.934. The van der Waals surface area contributed by atoms with Gasteiger partial charge in [0, 0.05) is 29.1 Å². The van der Waals surface area contributed by atoms with Crippen LogP contribution in [-0.4, -0.2) is 16.1 Å². The highest BCUT2D eigenvalue weighted by Crippen LogP contribution is 2.24. The van der Waals surface area contributed by atoms with Crippen LogP contribution in [0.1, 0.15) is 15.9 Å². The van der Waals surface area contributed by atoms with Crippen molar-refractivity contribution in [1.82, 2.24) is 4.98 Å². The Labute approximate surface area is 113 Å². The first-order valence-electron chi connectivity index (χ1n) is 5.32. The highest BCUT2D eigenvalue weighted by Gasteiger charge is 2.06. The van der Waals surface area contributed by atoms with Crippen molar-refractivity contribution in [1.29, 1.82) is 0 Å². The van der Waals surface area contributed by atoms with E-state index in [1.54, 1.807) is 30.6 Å². The maximum Gasteiger partial charge on any atom is 0.335 e. The van der Waals surface area contributed by atoms with E-state index in [4.69, 9.17) is 5.11 Å². The van der Waals surface area contributed by atoms with Crippen LogP contribution in [0, 0.1) is 0 Å². The number of benzene rings is 1. The summed E-state index contributed by atoms with van der Waals surface area (Å²) in [5, 5.41) is 12.1. The second kappa shape index (κ2) is 5.64. The minimum absolute atomic E-state index is 0.260. The third-order valence-corrected chi connectivity index (χ3v) is 3.10. The second-order valence-electron chi connectivity index (χ2n) is 3.71. The van der Waals surface area contributed by atoms with E-state index < -0.39 is 5.97 Å². The summed E-state index contributed by atoms with van der Waals surface area (Å²) in [4.78, 5) is 14.7. The molecule has 0 saturated carbocycles. The van der Waals surface area contributed by atoms with Gasteiger partial charge >= 0.3 is 5.97 Å². The van der Waals surface area contributed by atoms with Crippen molar-refractivity contribution >= 4 is 27.6 Å². The lowest BCUT2D eigenvalue weighted by Crippen LogP contribution is -2.02. The highest BCUT2D eigenvalue weighted by atomic mass is 79.9. The van der Waals surface area contributed by atoms with E-state index in [2.05, 4.69) is 26.2 Å². The molecule has 0 amide bonds. The Morgan fingerprint density at radius 2 is 2.00 bits per heavy atom. The maximum absolute atomic E-state index is 10.8. The van der Waals surface area contributed by atoms with Gasteiger partial charge in [-0.2, -0.15) is 0 Å². The predicted molar refractivity (Wildman–Crippen MR) is 72.7 cm³/mol. The van der Waals surface area contributed by atoms with Gasteiger partial charge in [-0.3, -0.25) is 4.98 Å². The number of anilines is 1. The topological polar surface area (TPSA) is 62.2 Å². The van der Waals surface area contributed by atoms with Crippen molar-refractivity contribution in [2.75, 3.05) is 5.32 Å². The van der Waals surface area contributed by atoms with Crippen LogP contribution in [0.3, 0.4) is 0 Å². The van der Waals surface area contributed by atoms with Crippen LogP contribution in [0.5, 0.6) is 0 Å². The molecule has 0 bridgehead atoms. The lowest BCUT2D eigenvalue weighted by molar-refractivity contribution is 0.0697. The average Bonchev–Trinajstić information content (AvgIpc) is 2.38. The lowest BCUT2D eigenvalue weighted by Gasteiger charge is -2.09. The van der Waals surface area contributed by atoms with Crippen molar-refractivity contribution in [3.05, 3.63) is 58.3 Å². The Bertz CT molecular complexity index is 558. The van der Waals surface area contributed by atoms with Crippen LogP contribution in [0.25, 0.3) is 0 Å². The maximum atomic E-state index is 10.8. The van der Waals surface area contributed by atoms with Crippen LogP contribution in [-0.2, 0) is 6.54 Å². The monoisotopic (exact) mass is 306 g/mol. The molecule has 4 nitrogen and oxygen atoms in total. The van der Waals surface area contributed by atoms with E-state index in [1.165, 1.54) is 0 Å². The molecule has 2 N–H and O–H groups in total. The quantitative estimate of drug-likeness (QED) is 0.911. The standard InChI is InChI=1S/C13H11BrN2O2/c14-11-7-10(13(17)18)1-2-12(11)16-8-9-3-5-15-6-4-9/h1-7,16H,8H2,(H,17,18). The van der Waals surface area contributed by atoms with Gasteiger partial charge in [-0.25, -0.2) is 4.79 Å². The van der Waals surface area contributed by atoms with Crippen molar-refractivity contribution < 1.29 is 9.90 Å². The van der Waals surface area contributed by atoms with Gasteiger partial charge in [0.25, 0.3) is 0 Å². The fourth-order valence-corrected chi connectivity index (χ4v) is 2.01. The minimum Gasteiger partial charge on any atom is -0.478 e. The number of pyridine rings is 1. The molecule has 0 fully saturated rings. The Morgan fingerprint density at radius 3 is 2.61 bits per heavy atom. The van der Waals surface area contributed by atoms with Gasteiger partial charge in [0.2, 0.25) is 0 Å². The number of hydrogen-bond donors (Lipinski definition) is 2. The van der Waals surface area contributed by atoms with Crippen molar-refractivity contribution in [2.24, 2.45) is 0 Å². The Morgan fingerprint density at radius 1 is 1.28 bits per heavy atom. The number of aromatic carboxylic acids is 1. The number of carboxylic acids is 1. The Hall–Kier alpha value is -1.88. The third kappa shape index (κ3) is 3.07. The highest BCUT2D eigenvalue weighted by molar-refractivity contribution is 9.10. The van der Waals surface area contributed by atoms with Crippen LogP contribution < -0.4 is 5.32 Å². The van der Waals surface area contributed by atoms with E-state index in [1.807, 2.05) is 12.1 Å². The van der Waals surface area contributed by atoms with Crippen molar-refractivity contribution in [3.63, 3.8) is 0 Å². The van der Waals surface area contributed by atoms with E-state index in [-0.39, 0.29) is 5.56 Å². The Balaban J connectivity index is 2.08. The zero-order valence-corrected chi connectivity index (χ0v) is 11.0. The molecule has 0 radical (unpaired) electrons. The molecular formula is C13H11BrN2O2. The number of nitrogens with zero attached hydrogens (tertiary/aromatic N) is 1. The molecule has 0 saturated heterocycles.